The molecule has 118 valence electrons. The van der Waals surface area contributed by atoms with Crippen molar-refractivity contribution >= 4 is 35.1 Å². The number of fused-ring (bicyclic) bond motifs is 1. The van der Waals surface area contributed by atoms with Gasteiger partial charge < -0.3 is 0 Å². The summed E-state index contributed by atoms with van der Waals surface area (Å²) in [4.78, 5) is 4.75. The Morgan fingerprint density at radius 2 is 1.96 bits per heavy atom. The fraction of sp³-hybridized carbons (Fsp3) is 0.333. The zero-order valence-corrected chi connectivity index (χ0v) is 15.1. The van der Waals surface area contributed by atoms with Crippen LogP contribution in [0.3, 0.4) is 0 Å². The van der Waals surface area contributed by atoms with Crippen molar-refractivity contribution in [3.05, 3.63) is 57.7 Å². The quantitative estimate of drug-likeness (QED) is 0.402. The third-order valence-corrected chi connectivity index (χ3v) is 6.36. The lowest BCUT2D eigenvalue weighted by Gasteiger charge is -2.16. The van der Waals surface area contributed by atoms with Gasteiger partial charge in [0.2, 0.25) is 0 Å². The highest BCUT2D eigenvalue weighted by Crippen LogP contribution is 2.30. The first-order valence-electron chi connectivity index (χ1n) is 7.64. The maximum atomic E-state index is 9.36. The van der Waals surface area contributed by atoms with E-state index in [9.17, 15) is 5.26 Å². The van der Waals surface area contributed by atoms with Crippen LogP contribution in [0.25, 0.3) is 0 Å². The summed E-state index contributed by atoms with van der Waals surface area (Å²) < 4.78 is 0. The van der Waals surface area contributed by atoms with E-state index in [1.807, 2.05) is 30.0 Å². The topological polar surface area (TPSA) is 36.7 Å². The second-order valence-corrected chi connectivity index (χ2v) is 8.25. The standard InChI is InChI=1S/C18H17ClN2S2/c19-16-7-5-13(6-8-16)11-22-12-23-18-15(10-20)9-14-3-1-2-4-17(14)21-18/h5-9H,1-4,11-12H2. The molecule has 0 N–H and O–H groups in total. The third-order valence-electron chi connectivity index (χ3n) is 3.85. The zero-order valence-electron chi connectivity index (χ0n) is 12.7. The molecule has 0 spiro atoms. The van der Waals surface area contributed by atoms with E-state index in [0.29, 0.717) is 0 Å². The van der Waals surface area contributed by atoms with Crippen LogP contribution in [0, 0.1) is 11.3 Å². The fourth-order valence-electron chi connectivity index (χ4n) is 2.64. The number of halogens is 1. The molecule has 2 aromatic rings. The molecule has 0 atom stereocenters. The Hall–Kier alpha value is -1.15. The maximum absolute atomic E-state index is 9.36. The average molecular weight is 361 g/mol. The molecule has 0 fully saturated rings. The molecular weight excluding hydrogens is 344 g/mol. The van der Waals surface area contributed by atoms with Gasteiger partial charge in [0.25, 0.3) is 0 Å². The summed E-state index contributed by atoms with van der Waals surface area (Å²) in [5, 5.41) is 11.9. The predicted octanol–water partition coefficient (Wildman–Crippen LogP) is 5.47. The van der Waals surface area contributed by atoms with Crippen LogP contribution in [0.2, 0.25) is 5.02 Å². The van der Waals surface area contributed by atoms with E-state index in [-0.39, 0.29) is 0 Å². The number of hydrogen-bond donors (Lipinski definition) is 0. The van der Waals surface area contributed by atoms with Gasteiger partial charge in [0.05, 0.1) is 5.56 Å². The van der Waals surface area contributed by atoms with E-state index in [0.717, 1.165) is 39.3 Å². The van der Waals surface area contributed by atoms with Crippen LogP contribution in [0.1, 0.15) is 35.2 Å². The van der Waals surface area contributed by atoms with Gasteiger partial charge in [-0.3, -0.25) is 0 Å². The van der Waals surface area contributed by atoms with Crippen LogP contribution in [-0.2, 0) is 18.6 Å². The van der Waals surface area contributed by atoms with Crippen LogP contribution in [-0.4, -0.2) is 10.1 Å². The summed E-state index contributed by atoms with van der Waals surface area (Å²) in [6, 6.07) is 12.3. The van der Waals surface area contributed by atoms with Crippen LogP contribution >= 0.6 is 35.1 Å². The van der Waals surface area contributed by atoms with E-state index >= 15 is 0 Å². The molecule has 0 amide bonds. The first-order chi connectivity index (χ1) is 11.3. The van der Waals surface area contributed by atoms with E-state index in [2.05, 4.69) is 18.2 Å². The third kappa shape index (κ3) is 4.44. The summed E-state index contributed by atoms with van der Waals surface area (Å²) in [5.74, 6) is 0.941. The highest BCUT2D eigenvalue weighted by molar-refractivity contribution is 8.15. The maximum Gasteiger partial charge on any atom is 0.115 e. The van der Waals surface area contributed by atoms with E-state index < -0.39 is 0 Å². The van der Waals surface area contributed by atoms with Crippen molar-refractivity contribution in [3.8, 4) is 6.07 Å². The first-order valence-corrected chi connectivity index (χ1v) is 10.2. The minimum absolute atomic E-state index is 0.725. The molecular formula is C18H17ClN2S2. The van der Waals surface area contributed by atoms with Crippen LogP contribution < -0.4 is 0 Å². The van der Waals surface area contributed by atoms with Crippen molar-refractivity contribution in [1.29, 1.82) is 5.26 Å². The van der Waals surface area contributed by atoms with Crippen LogP contribution in [0.15, 0.2) is 35.4 Å². The van der Waals surface area contributed by atoms with Crippen molar-refractivity contribution in [2.45, 2.75) is 36.5 Å². The minimum Gasteiger partial charge on any atom is -0.245 e. The molecule has 0 bridgehead atoms. The van der Waals surface area contributed by atoms with Crippen LogP contribution in [0.5, 0.6) is 0 Å². The number of nitriles is 1. The lowest BCUT2D eigenvalue weighted by Crippen LogP contribution is -2.07. The Kier molecular flexibility index (Phi) is 5.88. The Morgan fingerprint density at radius 1 is 1.17 bits per heavy atom. The van der Waals surface area contributed by atoms with E-state index in [4.69, 9.17) is 16.6 Å². The van der Waals surface area contributed by atoms with Gasteiger partial charge in [0.1, 0.15) is 11.1 Å². The van der Waals surface area contributed by atoms with Gasteiger partial charge in [0, 0.05) is 21.6 Å². The number of rotatable bonds is 5. The molecule has 1 aromatic carbocycles. The Bertz CT molecular complexity index is 723. The molecule has 0 aliphatic heterocycles. The molecule has 0 saturated heterocycles. The zero-order chi connectivity index (χ0) is 16.1. The molecule has 2 nitrogen and oxygen atoms in total. The predicted molar refractivity (Wildman–Crippen MR) is 99.1 cm³/mol. The van der Waals surface area contributed by atoms with Crippen molar-refractivity contribution in [2.75, 3.05) is 5.08 Å². The van der Waals surface area contributed by atoms with E-state index in [1.165, 1.54) is 29.7 Å². The molecule has 23 heavy (non-hydrogen) atoms. The SMILES string of the molecule is N#Cc1cc2c(nc1SCSCc1ccc(Cl)cc1)CCCC2. The molecule has 5 heteroatoms. The van der Waals surface area contributed by atoms with Gasteiger partial charge >= 0.3 is 0 Å². The van der Waals surface area contributed by atoms with Gasteiger partial charge in [0.15, 0.2) is 0 Å². The Labute approximate surface area is 150 Å². The van der Waals surface area contributed by atoms with Gasteiger partial charge in [-0.1, -0.05) is 35.5 Å². The van der Waals surface area contributed by atoms with Crippen LogP contribution in [0.4, 0.5) is 0 Å². The molecule has 0 radical (unpaired) electrons. The number of hydrogen-bond acceptors (Lipinski definition) is 4. The van der Waals surface area contributed by atoms with Gasteiger partial charge in [-0.15, -0.1) is 11.8 Å². The number of aromatic nitrogens is 1. The highest BCUT2D eigenvalue weighted by Gasteiger charge is 2.15. The van der Waals surface area contributed by atoms with Gasteiger partial charge in [-0.05, 0) is 55.0 Å². The Balaban J connectivity index is 1.59. The second-order valence-electron chi connectivity index (χ2n) is 5.50. The molecule has 1 heterocycles. The van der Waals surface area contributed by atoms with Crippen molar-refractivity contribution in [1.82, 2.24) is 4.98 Å². The lowest BCUT2D eigenvalue weighted by molar-refractivity contribution is 0.660. The van der Waals surface area contributed by atoms with Crippen molar-refractivity contribution < 1.29 is 0 Å². The highest BCUT2D eigenvalue weighted by atomic mass is 35.5. The summed E-state index contributed by atoms with van der Waals surface area (Å²) in [6.07, 6.45) is 4.53. The number of pyridine rings is 1. The van der Waals surface area contributed by atoms with Crippen molar-refractivity contribution in [2.24, 2.45) is 0 Å². The van der Waals surface area contributed by atoms with Gasteiger partial charge in [-0.25, -0.2) is 4.98 Å². The number of thioether (sulfide) groups is 2. The first kappa shape index (κ1) is 16.7. The molecule has 3 rings (SSSR count). The molecule has 0 unspecified atom stereocenters. The molecule has 1 aliphatic carbocycles. The van der Waals surface area contributed by atoms with E-state index in [1.54, 1.807) is 11.8 Å². The van der Waals surface area contributed by atoms with Gasteiger partial charge in [-0.2, -0.15) is 5.26 Å². The molecule has 0 saturated carbocycles. The normalized spacial score (nSPS) is 13.4. The summed E-state index contributed by atoms with van der Waals surface area (Å²) in [5.41, 5.74) is 4.45. The van der Waals surface area contributed by atoms with Crippen molar-refractivity contribution in [3.63, 3.8) is 0 Å². The fourth-order valence-corrected chi connectivity index (χ4v) is 4.74. The molecule has 1 aromatic heterocycles. The number of benzene rings is 1. The Morgan fingerprint density at radius 3 is 2.74 bits per heavy atom. The second kappa shape index (κ2) is 8.10. The summed E-state index contributed by atoms with van der Waals surface area (Å²) in [6.45, 7) is 0. The lowest BCUT2D eigenvalue weighted by atomic mass is 9.95. The summed E-state index contributed by atoms with van der Waals surface area (Å²) >= 11 is 9.40. The minimum atomic E-state index is 0.725. The smallest absolute Gasteiger partial charge is 0.115 e. The average Bonchev–Trinajstić information content (AvgIpc) is 2.59. The monoisotopic (exact) mass is 360 g/mol. The number of nitrogens with zero attached hydrogens (tertiary/aromatic N) is 2. The molecule has 1 aliphatic rings. The largest absolute Gasteiger partial charge is 0.245 e. The number of aryl methyl sites for hydroxylation is 2. The summed E-state index contributed by atoms with van der Waals surface area (Å²) in [7, 11) is 0.